The Morgan fingerprint density at radius 1 is 0.570 bits per heavy atom. The molecule has 8 heterocycles. The van der Waals surface area contributed by atoms with Gasteiger partial charge in [0.1, 0.15) is 5.82 Å². The number of nitrogens with zero attached hydrogens (tertiary/aromatic N) is 10. The normalized spacial score (nSPS) is 17.6. The van der Waals surface area contributed by atoms with E-state index >= 15 is 0 Å². The van der Waals surface area contributed by atoms with Crippen LogP contribution in [0.4, 0.5) is 20.2 Å². The summed E-state index contributed by atoms with van der Waals surface area (Å²) in [6.45, 7) is 14.0. The van der Waals surface area contributed by atoms with Crippen molar-refractivity contribution in [2.24, 2.45) is 0 Å². The quantitative estimate of drug-likeness (QED) is 0.0976. The largest absolute Gasteiger partial charge is 0.494 e. The zero-order valence-corrected chi connectivity index (χ0v) is 46.6. The first kappa shape index (κ1) is 53.9. The second kappa shape index (κ2) is 23.3. The summed E-state index contributed by atoms with van der Waals surface area (Å²) >= 11 is 6.13. The number of halogens is 3. The van der Waals surface area contributed by atoms with Gasteiger partial charge in [-0.1, -0.05) is 11.6 Å². The number of pyridine rings is 6. The van der Waals surface area contributed by atoms with Crippen molar-refractivity contribution in [2.75, 3.05) is 43.1 Å². The van der Waals surface area contributed by atoms with Crippen LogP contribution in [0.25, 0.3) is 21.8 Å². The van der Waals surface area contributed by atoms with Crippen molar-refractivity contribution in [3.05, 3.63) is 192 Å². The number of methoxy groups -OCH3 is 1. The average molecular weight is 1090 g/mol. The molecule has 0 radical (unpaired) electrons. The summed E-state index contributed by atoms with van der Waals surface area (Å²) in [6, 6.07) is 23.8. The van der Waals surface area contributed by atoms with E-state index in [1.54, 1.807) is 12.1 Å². The van der Waals surface area contributed by atoms with E-state index in [-0.39, 0.29) is 33.7 Å². The number of ether oxygens (including phenoxy) is 1. The molecule has 2 aliphatic carbocycles. The first-order valence-corrected chi connectivity index (χ1v) is 28.2. The lowest BCUT2D eigenvalue weighted by Crippen LogP contribution is -2.48. The highest BCUT2D eigenvalue weighted by Crippen LogP contribution is 2.40. The third-order valence-corrected chi connectivity index (χ3v) is 16.5. The van der Waals surface area contributed by atoms with E-state index < -0.39 is 11.6 Å². The third kappa shape index (κ3) is 12.4. The Bertz CT molecular complexity index is 3620. The zero-order chi connectivity index (χ0) is 54.9. The second-order valence-corrected chi connectivity index (χ2v) is 22.7. The van der Waals surface area contributed by atoms with Gasteiger partial charge in [0.25, 0.3) is 0 Å². The van der Waals surface area contributed by atoms with Crippen LogP contribution in [-0.4, -0.2) is 84.2 Å². The van der Waals surface area contributed by atoms with Crippen LogP contribution in [0.15, 0.2) is 120 Å². The molecular weight excluding hydrogens is 1020 g/mol. The molecule has 4 aliphatic rings. The Hall–Kier alpha value is -7.07. The van der Waals surface area contributed by atoms with E-state index in [0.29, 0.717) is 65.7 Å². The number of benzene rings is 2. The Morgan fingerprint density at radius 2 is 1.04 bits per heavy atom. The van der Waals surface area contributed by atoms with Crippen molar-refractivity contribution in [1.82, 2.24) is 38.9 Å². The van der Waals surface area contributed by atoms with E-state index in [9.17, 15) is 18.4 Å². The fourth-order valence-corrected chi connectivity index (χ4v) is 11.9. The van der Waals surface area contributed by atoms with E-state index in [2.05, 4.69) is 91.1 Å². The molecule has 8 aromatic rings. The smallest absolute Gasteiger partial charge is 0.193 e. The molecule has 0 bridgehead atoms. The minimum atomic E-state index is -0.556. The van der Waals surface area contributed by atoms with Crippen molar-refractivity contribution in [3.63, 3.8) is 0 Å². The maximum Gasteiger partial charge on any atom is 0.193 e. The van der Waals surface area contributed by atoms with Crippen molar-refractivity contribution < 1.29 is 13.5 Å². The lowest BCUT2D eigenvalue weighted by Gasteiger charge is -2.40. The molecule has 16 heteroatoms. The van der Waals surface area contributed by atoms with Crippen LogP contribution < -0.4 is 25.4 Å². The van der Waals surface area contributed by atoms with Gasteiger partial charge in [0.2, 0.25) is 0 Å². The average Bonchev–Trinajstić information content (AvgIpc) is 4.59. The van der Waals surface area contributed by atoms with Crippen molar-refractivity contribution >= 4 is 44.8 Å². The van der Waals surface area contributed by atoms with E-state index in [0.717, 1.165) is 123 Å². The van der Waals surface area contributed by atoms with Gasteiger partial charge in [-0.05, 0) is 157 Å². The fourth-order valence-electron chi connectivity index (χ4n) is 11.7. The number of piperidine rings is 2. The Morgan fingerprint density at radius 3 is 1.47 bits per heavy atom. The van der Waals surface area contributed by atoms with Gasteiger partial charge >= 0.3 is 0 Å². The molecule has 4 fully saturated rings. The standard InChI is InChI=1S/C32H36FN5O2.C31H33ClFN5O/c1-21-6-7-26(16-35-21)36-12-4-5-27(20-36)37(17-23-10-11-34-22(2)13-23)18-24-19-38(25-8-9-25)30-15-31(40-3)29(33)14-28(30)32(24)39;1-20-5-6-25(15-35-20)36-11-3-4-26(19-36)37(16-22-9-10-34-21(2)12-22)17-23-18-38(24-7-8-24)30-14-28(32)29(33)13-27(30)31(23)39/h6-7,10-11,13-16,19,25,27H,4-5,8-9,12,17-18,20H2,1-3H3;5-6,9-10,12-15,18,24,26H,3-4,7-8,11,16-17,19H2,1-2H3/t27-;26-/m00/s1. The molecule has 2 saturated carbocycles. The molecule has 2 aromatic carbocycles. The first-order valence-electron chi connectivity index (χ1n) is 27.9. The SMILES string of the molecule is COc1cc2c(cc1F)c(=O)c(CN(Cc1ccnc(C)c1)[C@H]1CCCN(c3ccc(C)nc3)C1)cn2C1CC1.Cc1ccc(N2CCC[C@H](N(Cc3ccnc(C)c3)Cc3cn(C4CC4)c4cc(Cl)c(F)cc4c3=O)C2)cn1. The number of aromatic nitrogens is 6. The molecule has 12 rings (SSSR count). The zero-order valence-electron chi connectivity index (χ0n) is 45.8. The first-order chi connectivity index (χ1) is 38.2. The van der Waals surface area contributed by atoms with Gasteiger partial charge in [-0.15, -0.1) is 0 Å². The fraction of sp³-hybridized carbons (Fsp3) is 0.397. The van der Waals surface area contributed by atoms with Crippen molar-refractivity contribution in [1.29, 1.82) is 0 Å². The Labute approximate surface area is 465 Å². The summed E-state index contributed by atoms with van der Waals surface area (Å²) in [5, 5.41) is 0.863. The monoisotopic (exact) mass is 1090 g/mol. The van der Waals surface area contributed by atoms with Crippen LogP contribution in [0.3, 0.4) is 0 Å². The number of hydrogen-bond donors (Lipinski definition) is 0. The summed E-state index contributed by atoms with van der Waals surface area (Å²) in [6.07, 6.45) is 20.0. The van der Waals surface area contributed by atoms with Crippen molar-refractivity contribution in [3.8, 4) is 5.75 Å². The van der Waals surface area contributed by atoms with Crippen LogP contribution in [0.5, 0.6) is 5.75 Å². The number of fused-ring (bicyclic) bond motifs is 2. The molecule has 2 atom stereocenters. The molecule has 2 saturated heterocycles. The van der Waals surface area contributed by atoms with Gasteiger partial charge in [0, 0.05) is 152 Å². The predicted octanol–water partition coefficient (Wildman–Crippen LogP) is 11.8. The molecule has 79 heavy (non-hydrogen) atoms. The summed E-state index contributed by atoms with van der Waals surface area (Å²) in [4.78, 5) is 55.0. The van der Waals surface area contributed by atoms with Gasteiger partial charge in [0.05, 0.1) is 46.9 Å². The van der Waals surface area contributed by atoms with Crippen LogP contribution in [-0.2, 0) is 26.2 Å². The van der Waals surface area contributed by atoms with Gasteiger partial charge in [0.15, 0.2) is 22.4 Å². The predicted molar refractivity (Wildman–Crippen MR) is 309 cm³/mol. The van der Waals surface area contributed by atoms with Gasteiger partial charge in [-0.25, -0.2) is 8.78 Å². The maximum absolute atomic E-state index is 14.8. The molecule has 0 amide bonds. The summed E-state index contributed by atoms with van der Waals surface area (Å²) in [5.74, 6) is -0.901. The molecule has 6 aromatic heterocycles. The minimum Gasteiger partial charge on any atom is -0.494 e. The Balaban J connectivity index is 0.000000167. The molecular formula is C63H69ClF2N10O3. The number of hydrogen-bond acceptors (Lipinski definition) is 11. The van der Waals surface area contributed by atoms with Gasteiger partial charge in [-0.3, -0.25) is 39.3 Å². The van der Waals surface area contributed by atoms with Crippen LogP contribution in [0.1, 0.15) is 108 Å². The maximum atomic E-state index is 14.8. The van der Waals surface area contributed by atoms with E-state index in [1.807, 2.05) is 70.9 Å². The molecule has 0 spiro atoms. The lowest BCUT2D eigenvalue weighted by molar-refractivity contribution is 0.158. The molecule has 410 valence electrons. The van der Waals surface area contributed by atoms with Crippen LogP contribution in [0, 0.1) is 39.3 Å². The number of aryl methyl sites for hydroxylation is 4. The molecule has 13 nitrogen and oxygen atoms in total. The second-order valence-electron chi connectivity index (χ2n) is 22.3. The van der Waals surface area contributed by atoms with Crippen LogP contribution >= 0.6 is 11.6 Å². The highest BCUT2D eigenvalue weighted by molar-refractivity contribution is 6.31. The topological polar surface area (TPSA) is 118 Å². The van der Waals surface area contributed by atoms with E-state index in [4.69, 9.17) is 16.3 Å². The van der Waals surface area contributed by atoms with Gasteiger partial charge < -0.3 is 23.7 Å². The lowest BCUT2D eigenvalue weighted by atomic mass is 10.0. The van der Waals surface area contributed by atoms with Crippen LogP contribution in [0.2, 0.25) is 5.02 Å². The highest BCUT2D eigenvalue weighted by Gasteiger charge is 2.32. The summed E-state index contributed by atoms with van der Waals surface area (Å²) < 4.78 is 38.8. The Kier molecular flexibility index (Phi) is 15.9. The molecule has 2 aliphatic heterocycles. The number of anilines is 2. The summed E-state index contributed by atoms with van der Waals surface area (Å²) in [7, 11) is 1.46. The minimum absolute atomic E-state index is 0.0478. The number of rotatable bonds is 15. The van der Waals surface area contributed by atoms with E-state index in [1.165, 1.54) is 24.8 Å². The molecule has 0 N–H and O–H groups in total. The summed E-state index contributed by atoms with van der Waals surface area (Å²) in [5.41, 5.74) is 11.1. The van der Waals surface area contributed by atoms with Crippen molar-refractivity contribution in [2.45, 2.75) is 129 Å². The third-order valence-electron chi connectivity index (χ3n) is 16.2. The highest BCUT2D eigenvalue weighted by atomic mass is 35.5. The van der Waals surface area contributed by atoms with Gasteiger partial charge in [-0.2, -0.15) is 0 Å². The molecule has 0 unspecified atom stereocenters.